The maximum Gasteiger partial charge on any atom is 0.227 e. The van der Waals surface area contributed by atoms with Crippen molar-refractivity contribution in [2.45, 2.75) is 65.5 Å². The number of nitrogens with one attached hydrogen (secondary N) is 1. The van der Waals surface area contributed by atoms with Crippen molar-refractivity contribution >= 4 is 18.3 Å². The maximum absolute atomic E-state index is 12.5. The van der Waals surface area contributed by atoms with Gasteiger partial charge in [0.05, 0.1) is 11.0 Å². The van der Waals surface area contributed by atoms with Crippen molar-refractivity contribution in [3.8, 4) is 0 Å². The number of rotatable bonds is 6. The van der Waals surface area contributed by atoms with Crippen LogP contribution >= 0.6 is 12.4 Å². The molecule has 1 saturated carbocycles. The van der Waals surface area contributed by atoms with Gasteiger partial charge in [-0.1, -0.05) is 27.7 Å². The van der Waals surface area contributed by atoms with Crippen molar-refractivity contribution in [1.29, 1.82) is 0 Å². The number of carbonyl (C=O) groups excluding carboxylic acids is 1. The molecule has 1 fully saturated rings. The van der Waals surface area contributed by atoms with Gasteiger partial charge in [0, 0.05) is 25.1 Å². The Labute approximate surface area is 129 Å². The van der Waals surface area contributed by atoms with E-state index in [1.54, 1.807) is 7.11 Å². The van der Waals surface area contributed by atoms with Crippen LogP contribution in [0.25, 0.3) is 0 Å². The second kappa shape index (κ2) is 6.63. The molecule has 5 heteroatoms. The molecule has 0 aromatic heterocycles. The lowest BCUT2D eigenvalue weighted by Crippen LogP contribution is -2.69. The van der Waals surface area contributed by atoms with Crippen LogP contribution in [0.5, 0.6) is 0 Å². The summed E-state index contributed by atoms with van der Waals surface area (Å²) < 4.78 is 5.59. The van der Waals surface area contributed by atoms with E-state index in [4.69, 9.17) is 10.5 Å². The van der Waals surface area contributed by atoms with Crippen molar-refractivity contribution < 1.29 is 9.53 Å². The van der Waals surface area contributed by atoms with E-state index >= 15 is 0 Å². The number of hydrogen-bond acceptors (Lipinski definition) is 3. The van der Waals surface area contributed by atoms with Crippen LogP contribution in [0.3, 0.4) is 0 Å². The third-order valence-electron chi connectivity index (χ3n) is 5.81. The highest BCUT2D eigenvalue weighted by Crippen LogP contribution is 2.51. The number of methoxy groups -OCH3 is 1. The summed E-state index contributed by atoms with van der Waals surface area (Å²) in [5.41, 5.74) is 5.19. The van der Waals surface area contributed by atoms with Crippen LogP contribution in [-0.4, -0.2) is 31.2 Å². The number of nitrogens with two attached hydrogens (primary N) is 1. The molecular formula is C15H31ClN2O2. The molecule has 0 aliphatic heterocycles. The highest BCUT2D eigenvalue weighted by molar-refractivity contribution is 5.85. The van der Waals surface area contributed by atoms with E-state index in [9.17, 15) is 4.79 Å². The molecule has 0 radical (unpaired) electrons. The first-order valence-electron chi connectivity index (χ1n) is 7.29. The van der Waals surface area contributed by atoms with E-state index in [-0.39, 0.29) is 35.4 Å². The van der Waals surface area contributed by atoms with E-state index in [0.717, 1.165) is 19.3 Å². The van der Waals surface area contributed by atoms with Gasteiger partial charge in [0.15, 0.2) is 0 Å². The van der Waals surface area contributed by atoms with Crippen LogP contribution in [0.4, 0.5) is 0 Å². The van der Waals surface area contributed by atoms with Crippen LogP contribution in [-0.2, 0) is 9.53 Å². The summed E-state index contributed by atoms with van der Waals surface area (Å²) in [6.07, 6.45) is 2.41. The fourth-order valence-corrected chi connectivity index (χ4v) is 2.99. The van der Waals surface area contributed by atoms with E-state index in [1.165, 1.54) is 0 Å². The van der Waals surface area contributed by atoms with Gasteiger partial charge in [-0.2, -0.15) is 0 Å². The molecule has 0 aromatic carbocycles. The first-order chi connectivity index (χ1) is 8.73. The summed E-state index contributed by atoms with van der Waals surface area (Å²) in [5.74, 6) is 0.0937. The maximum atomic E-state index is 12.5. The first-order valence-corrected chi connectivity index (χ1v) is 7.29. The second-order valence-corrected chi connectivity index (χ2v) is 6.58. The zero-order chi connectivity index (χ0) is 14.9. The zero-order valence-electron chi connectivity index (χ0n) is 13.7. The molecule has 4 nitrogen and oxygen atoms in total. The summed E-state index contributed by atoms with van der Waals surface area (Å²) in [7, 11) is 1.74. The van der Waals surface area contributed by atoms with Gasteiger partial charge in [-0.25, -0.2) is 0 Å². The minimum atomic E-state index is -0.421. The molecule has 0 aromatic rings. The van der Waals surface area contributed by atoms with Crippen LogP contribution in [0.15, 0.2) is 0 Å². The van der Waals surface area contributed by atoms with Gasteiger partial charge >= 0.3 is 0 Å². The zero-order valence-corrected chi connectivity index (χ0v) is 14.5. The first kappa shape index (κ1) is 19.7. The monoisotopic (exact) mass is 306 g/mol. The summed E-state index contributed by atoms with van der Waals surface area (Å²) in [4.78, 5) is 12.5. The fourth-order valence-electron chi connectivity index (χ4n) is 2.99. The van der Waals surface area contributed by atoms with Gasteiger partial charge in [0.2, 0.25) is 5.91 Å². The molecule has 2 atom stereocenters. The smallest absolute Gasteiger partial charge is 0.227 e. The molecule has 3 N–H and O–H groups in total. The van der Waals surface area contributed by atoms with E-state index in [1.807, 2.05) is 13.8 Å². The Hall–Kier alpha value is -0.320. The molecule has 0 bridgehead atoms. The third kappa shape index (κ3) is 2.83. The largest absolute Gasteiger partial charge is 0.378 e. The number of carbonyl (C=O) groups is 1. The fraction of sp³-hybridized carbons (Fsp3) is 0.933. The Morgan fingerprint density at radius 2 is 1.85 bits per heavy atom. The third-order valence-corrected chi connectivity index (χ3v) is 5.81. The molecule has 1 rings (SSSR count). The summed E-state index contributed by atoms with van der Waals surface area (Å²) in [6.45, 7) is 10.9. The predicted octanol–water partition coefficient (Wildman–Crippen LogP) is 2.49. The van der Waals surface area contributed by atoms with Crippen LogP contribution in [0, 0.1) is 10.8 Å². The molecule has 1 aliphatic carbocycles. The second-order valence-electron chi connectivity index (χ2n) is 6.58. The highest BCUT2D eigenvalue weighted by Gasteiger charge is 2.58. The quantitative estimate of drug-likeness (QED) is 0.792. The van der Waals surface area contributed by atoms with Gasteiger partial charge in [-0.15, -0.1) is 12.4 Å². The summed E-state index contributed by atoms with van der Waals surface area (Å²) in [6, 6.07) is 0.161. The Kier molecular flexibility index (Phi) is 6.52. The Bertz CT molecular complexity index is 335. The Morgan fingerprint density at radius 3 is 2.15 bits per heavy atom. The number of halogens is 1. The summed E-state index contributed by atoms with van der Waals surface area (Å²) >= 11 is 0. The average Bonchev–Trinajstić information content (AvgIpc) is 2.40. The van der Waals surface area contributed by atoms with Crippen molar-refractivity contribution in [2.75, 3.05) is 13.7 Å². The van der Waals surface area contributed by atoms with Crippen molar-refractivity contribution in [2.24, 2.45) is 16.6 Å². The molecule has 120 valence electrons. The minimum absolute atomic E-state index is 0. The lowest BCUT2D eigenvalue weighted by molar-refractivity contribution is -0.184. The van der Waals surface area contributed by atoms with Crippen molar-refractivity contribution in [3.05, 3.63) is 0 Å². The Morgan fingerprint density at radius 1 is 1.35 bits per heavy atom. The SMILES string of the molecule is CCC(CC)(CN)C(=O)NC1CC(C)(OC)C1(C)C.Cl. The standard InChI is InChI=1S/C15H30N2O2.ClH/c1-7-15(8-2,10-16)12(18)17-11-9-14(5,19-6)13(11,3)4;/h11H,7-10,16H2,1-6H3,(H,17,18);1H. The topological polar surface area (TPSA) is 64.4 Å². The van der Waals surface area contributed by atoms with Crippen LogP contribution in [0.2, 0.25) is 0 Å². The molecular weight excluding hydrogens is 276 g/mol. The number of amides is 1. The van der Waals surface area contributed by atoms with Gasteiger partial charge in [0.1, 0.15) is 0 Å². The molecule has 0 heterocycles. The normalized spacial score (nSPS) is 28.2. The molecule has 0 spiro atoms. The number of ether oxygens (including phenoxy) is 1. The number of hydrogen-bond donors (Lipinski definition) is 2. The van der Waals surface area contributed by atoms with Crippen LogP contribution in [0.1, 0.15) is 53.9 Å². The molecule has 0 saturated heterocycles. The Balaban J connectivity index is 0.00000361. The lowest BCUT2D eigenvalue weighted by Gasteiger charge is -2.59. The van der Waals surface area contributed by atoms with Crippen molar-refractivity contribution in [1.82, 2.24) is 5.32 Å². The lowest BCUT2D eigenvalue weighted by atomic mass is 9.55. The highest BCUT2D eigenvalue weighted by atomic mass is 35.5. The van der Waals surface area contributed by atoms with Crippen LogP contribution < -0.4 is 11.1 Å². The molecule has 1 amide bonds. The summed E-state index contributed by atoms with van der Waals surface area (Å²) in [5, 5.41) is 3.19. The van der Waals surface area contributed by atoms with E-state index < -0.39 is 5.41 Å². The average molecular weight is 307 g/mol. The van der Waals surface area contributed by atoms with E-state index in [0.29, 0.717) is 6.54 Å². The minimum Gasteiger partial charge on any atom is -0.378 e. The van der Waals surface area contributed by atoms with Gasteiger partial charge in [0.25, 0.3) is 0 Å². The molecule has 1 aliphatic rings. The van der Waals surface area contributed by atoms with Gasteiger partial charge in [-0.3, -0.25) is 4.79 Å². The molecule has 2 unspecified atom stereocenters. The predicted molar refractivity (Wildman–Crippen MR) is 85.1 cm³/mol. The molecule has 20 heavy (non-hydrogen) atoms. The van der Waals surface area contributed by atoms with Gasteiger partial charge in [-0.05, 0) is 26.2 Å². The van der Waals surface area contributed by atoms with E-state index in [2.05, 4.69) is 26.1 Å². The van der Waals surface area contributed by atoms with Crippen molar-refractivity contribution in [3.63, 3.8) is 0 Å². The van der Waals surface area contributed by atoms with Gasteiger partial charge < -0.3 is 15.8 Å².